The average Bonchev–Trinajstić information content (AvgIpc) is 0.722. The van der Waals surface area contributed by atoms with Crippen molar-refractivity contribution in [2.75, 3.05) is 0 Å². The van der Waals surface area contributed by atoms with E-state index in [-0.39, 0.29) is 0 Å². The van der Waals surface area contributed by atoms with Gasteiger partial charge < -0.3 is 0 Å². The highest BCUT2D eigenvalue weighted by Gasteiger charge is 1.84. The van der Waals surface area contributed by atoms with Crippen LogP contribution in [0.25, 0.3) is 0 Å². The Bertz CT molecular complexity index is 86.8. The van der Waals surface area contributed by atoms with Crippen LogP contribution in [0, 0.1) is 0 Å². The Balaban J connectivity index is 4.06. The lowest BCUT2D eigenvalue weighted by Crippen LogP contribution is -1.89. The highest BCUT2D eigenvalue weighted by atomic mass is 34.1. The zero-order valence-corrected chi connectivity index (χ0v) is 2.94. The molecule has 0 radical (unpaired) electrons. The van der Waals surface area contributed by atoms with Crippen molar-refractivity contribution in [3.63, 3.8) is 0 Å². The first kappa shape index (κ1) is 4.87. The Hall–Kier alpha value is -0.130. The van der Waals surface area contributed by atoms with Gasteiger partial charge in [0.2, 0.25) is 0 Å². The minimum absolute atomic E-state index is 4.67. The summed E-state index contributed by atoms with van der Waals surface area (Å²) in [4.78, 5) is 0. The van der Waals surface area contributed by atoms with Gasteiger partial charge in [-0.15, -0.1) is 0 Å². The molecule has 2 N–H and O–H groups in total. The first-order valence-corrected chi connectivity index (χ1v) is 2.10. The largest absolute Gasteiger partial charge is 0.394 e. The van der Waals surface area contributed by atoms with Crippen LogP contribution < -0.4 is 0 Å². The molecule has 5 heteroatoms. The van der Waals surface area contributed by atoms with E-state index in [4.69, 9.17) is 17.5 Å². The van der Waals surface area contributed by atoms with E-state index in [0.29, 0.717) is 0 Å². The van der Waals surface area contributed by atoms with E-state index in [9.17, 15) is 0 Å². The Morgan fingerprint density at radius 3 is 1.20 bits per heavy atom. The van der Waals surface area contributed by atoms with E-state index >= 15 is 0 Å². The molecule has 0 unspecified atom stereocenters. The number of rotatable bonds is 0. The van der Waals surface area contributed by atoms with Crippen molar-refractivity contribution in [1.29, 1.82) is 0 Å². The standard InChI is InChI=1S/H2O4S/c1-5(2,3)4/h(H2,1,2,3,4)/i5+2. The molecule has 0 fully saturated rings. The van der Waals surface area contributed by atoms with Gasteiger partial charge in [-0.2, -0.15) is 8.42 Å². The highest BCUT2D eigenvalue weighted by molar-refractivity contribution is 7.79. The summed E-state index contributed by atoms with van der Waals surface area (Å²) in [6.45, 7) is 0. The maximum atomic E-state index is 8.74. The van der Waals surface area contributed by atoms with Crippen LogP contribution in [0.15, 0.2) is 0 Å². The van der Waals surface area contributed by atoms with Crippen molar-refractivity contribution in [2.45, 2.75) is 0 Å². The van der Waals surface area contributed by atoms with Gasteiger partial charge in [-0.25, -0.2) is 0 Å². The first-order valence-electron chi connectivity index (χ1n) is 0.698. The van der Waals surface area contributed by atoms with Crippen molar-refractivity contribution in [1.82, 2.24) is 0 Å². The minimum Gasteiger partial charge on any atom is -0.264 e. The van der Waals surface area contributed by atoms with Crippen LogP contribution in [-0.2, 0) is 10.4 Å². The minimum atomic E-state index is -4.67. The van der Waals surface area contributed by atoms with Gasteiger partial charge >= 0.3 is 10.4 Å². The van der Waals surface area contributed by atoms with Crippen LogP contribution in [-0.4, -0.2) is 17.5 Å². The van der Waals surface area contributed by atoms with Gasteiger partial charge in [-0.3, -0.25) is 9.11 Å². The van der Waals surface area contributed by atoms with E-state index in [1.54, 1.807) is 0 Å². The second kappa shape index (κ2) is 0.925. The van der Waals surface area contributed by atoms with Gasteiger partial charge in [0.25, 0.3) is 0 Å². The van der Waals surface area contributed by atoms with E-state index in [1.807, 2.05) is 0 Å². The molecule has 0 rings (SSSR count). The normalized spacial score (nSPS) is 11.6. The molecule has 0 aliphatic heterocycles. The molecule has 0 aromatic rings. The zero-order valence-electron chi connectivity index (χ0n) is 2.12. The molecule has 0 bridgehead atoms. The third kappa shape index (κ3) is 801. The molecule has 0 spiro atoms. The molecule has 0 aliphatic rings. The molecule has 4 nitrogen and oxygen atoms in total. The van der Waals surface area contributed by atoms with Crippen molar-refractivity contribution in [2.24, 2.45) is 0 Å². The van der Waals surface area contributed by atoms with Crippen molar-refractivity contribution < 1.29 is 17.5 Å². The lowest BCUT2D eigenvalue weighted by molar-refractivity contribution is 0.381. The van der Waals surface area contributed by atoms with Crippen LogP contribution in [0.4, 0.5) is 0 Å². The Morgan fingerprint density at radius 2 is 1.20 bits per heavy atom. The number of hydrogen-bond donors (Lipinski definition) is 2. The maximum Gasteiger partial charge on any atom is 0.394 e. The highest BCUT2D eigenvalue weighted by Crippen LogP contribution is 1.59. The van der Waals surface area contributed by atoms with Crippen LogP contribution in [0.2, 0.25) is 0 Å². The van der Waals surface area contributed by atoms with E-state index in [0.717, 1.165) is 0 Å². The Kier molecular flexibility index (Phi) is 0.901. The lowest BCUT2D eigenvalue weighted by Gasteiger charge is -1.68. The van der Waals surface area contributed by atoms with E-state index in [2.05, 4.69) is 0 Å². The van der Waals surface area contributed by atoms with Gasteiger partial charge in [0, 0.05) is 0 Å². The predicted octanol–water partition coefficient (Wildman–Crippen LogP) is -0.653. The van der Waals surface area contributed by atoms with Crippen LogP contribution in [0.5, 0.6) is 0 Å². The fourth-order valence-electron chi connectivity index (χ4n) is 0. The molecule has 0 aromatic carbocycles. The Labute approximate surface area is 29.0 Å². The average molecular weight is 100.0 g/mol. The third-order valence-electron chi connectivity index (χ3n) is 0. The van der Waals surface area contributed by atoms with Gasteiger partial charge in [0.05, 0.1) is 0 Å². The second-order valence-corrected chi connectivity index (χ2v) is 1.34. The van der Waals surface area contributed by atoms with E-state index in [1.165, 1.54) is 0 Å². The predicted molar refractivity (Wildman–Crippen MR) is 14.2 cm³/mol. The summed E-state index contributed by atoms with van der Waals surface area (Å²) >= 11 is 0. The molecular weight excluding hydrogens is 98.0 g/mol. The fourth-order valence-corrected chi connectivity index (χ4v) is 0. The summed E-state index contributed by atoms with van der Waals surface area (Å²) in [5.74, 6) is 0. The zero-order chi connectivity index (χ0) is 4.50. The van der Waals surface area contributed by atoms with Crippen LogP contribution in [0.1, 0.15) is 0 Å². The molecule has 0 aromatic heterocycles. The molecule has 0 aliphatic carbocycles. The summed E-state index contributed by atoms with van der Waals surface area (Å²) in [7, 11) is -4.67. The third-order valence-corrected chi connectivity index (χ3v) is 0. The first-order chi connectivity index (χ1) is 2.00. The van der Waals surface area contributed by atoms with Crippen LogP contribution in [0.3, 0.4) is 0 Å². The molecular formula is H2O4S. The quantitative estimate of drug-likeness (QED) is 0.313. The molecule has 32 valence electrons. The molecule has 0 saturated carbocycles. The SMILES string of the molecule is O=[34S](=O)(O)O. The molecule has 0 saturated heterocycles. The van der Waals surface area contributed by atoms with E-state index < -0.39 is 10.4 Å². The maximum absolute atomic E-state index is 8.74. The summed E-state index contributed by atoms with van der Waals surface area (Å²) in [6.07, 6.45) is 0. The van der Waals surface area contributed by atoms with Crippen molar-refractivity contribution >= 4 is 10.4 Å². The molecule has 5 heavy (non-hydrogen) atoms. The molecule has 0 amide bonds. The van der Waals surface area contributed by atoms with Gasteiger partial charge in [0.15, 0.2) is 0 Å². The Morgan fingerprint density at radius 1 is 1.20 bits per heavy atom. The van der Waals surface area contributed by atoms with Gasteiger partial charge in [0.1, 0.15) is 0 Å². The second-order valence-electron chi connectivity index (χ2n) is 0.448. The van der Waals surface area contributed by atoms with Gasteiger partial charge in [-0.1, -0.05) is 0 Å². The molecule has 0 heterocycles. The fraction of sp³-hybridized carbons (Fsp3) is 0. The summed E-state index contributed by atoms with van der Waals surface area (Å²) in [5, 5.41) is 0. The van der Waals surface area contributed by atoms with Crippen LogP contribution >= 0.6 is 0 Å². The topological polar surface area (TPSA) is 74.6 Å². The monoisotopic (exact) mass is 100.0 g/mol. The summed E-state index contributed by atoms with van der Waals surface area (Å²) in [5.41, 5.74) is 0. The van der Waals surface area contributed by atoms with Crippen molar-refractivity contribution in [3.05, 3.63) is 0 Å². The lowest BCUT2D eigenvalue weighted by atomic mass is 15.8. The smallest absolute Gasteiger partial charge is 0.264 e. The summed E-state index contributed by atoms with van der Waals surface area (Å²) < 4.78 is 31.6. The summed E-state index contributed by atoms with van der Waals surface area (Å²) in [6, 6.07) is 0. The number of hydrogen-bond acceptors (Lipinski definition) is 2. The molecule has 0 atom stereocenters. The van der Waals surface area contributed by atoms with Gasteiger partial charge in [-0.05, 0) is 0 Å². The van der Waals surface area contributed by atoms with Crippen molar-refractivity contribution in [3.8, 4) is 0 Å².